The second-order valence-corrected chi connectivity index (χ2v) is 8.40. The van der Waals surface area contributed by atoms with Gasteiger partial charge in [0.15, 0.2) is 11.5 Å². The van der Waals surface area contributed by atoms with E-state index in [1.165, 1.54) is 0 Å². The maximum Gasteiger partial charge on any atom is 0.235 e. The van der Waals surface area contributed by atoms with Gasteiger partial charge in [-0.05, 0) is 30.2 Å². The number of hydrogen-bond donors (Lipinski definition) is 1. The fraction of sp³-hybridized carbons (Fsp3) is 0.316. The Bertz CT molecular complexity index is 915. The summed E-state index contributed by atoms with van der Waals surface area (Å²) in [6, 6.07) is 14.5. The molecule has 0 saturated heterocycles. The van der Waals surface area contributed by atoms with E-state index < -0.39 is 10.0 Å². The number of amides is 1. The number of benzene rings is 2. The van der Waals surface area contributed by atoms with Gasteiger partial charge in [0, 0.05) is 6.54 Å². The van der Waals surface area contributed by atoms with Crippen molar-refractivity contribution in [2.75, 3.05) is 19.6 Å². The molecule has 27 heavy (non-hydrogen) atoms. The molecule has 1 amide bonds. The van der Waals surface area contributed by atoms with Crippen LogP contribution in [0.5, 0.6) is 11.5 Å². The van der Waals surface area contributed by atoms with Crippen LogP contribution in [0, 0.1) is 0 Å². The fourth-order valence-electron chi connectivity index (χ4n) is 2.81. The summed E-state index contributed by atoms with van der Waals surface area (Å²) in [5.41, 5.74) is 1.67. The number of nitrogens with zero attached hydrogens (tertiary/aromatic N) is 1. The number of nitrogens with one attached hydrogen (secondary N) is 1. The van der Waals surface area contributed by atoms with Crippen molar-refractivity contribution in [3.05, 3.63) is 59.7 Å². The largest absolute Gasteiger partial charge is 0.454 e. The van der Waals surface area contributed by atoms with Crippen LogP contribution in [0.3, 0.4) is 0 Å². The lowest BCUT2D eigenvalue weighted by Gasteiger charge is -2.21. The minimum atomic E-state index is -3.57. The second kappa shape index (κ2) is 7.98. The Morgan fingerprint density at radius 2 is 1.85 bits per heavy atom. The highest BCUT2D eigenvalue weighted by molar-refractivity contribution is 7.88. The smallest absolute Gasteiger partial charge is 0.235 e. The van der Waals surface area contributed by atoms with Gasteiger partial charge in [-0.1, -0.05) is 36.4 Å². The first-order valence-electron chi connectivity index (χ1n) is 8.51. The van der Waals surface area contributed by atoms with Gasteiger partial charge >= 0.3 is 0 Å². The molecule has 1 unspecified atom stereocenters. The first-order chi connectivity index (χ1) is 12.8. The molecule has 2 aromatic carbocycles. The predicted molar refractivity (Wildman–Crippen MR) is 101 cm³/mol. The van der Waals surface area contributed by atoms with Crippen LogP contribution in [0.15, 0.2) is 48.5 Å². The van der Waals surface area contributed by atoms with Crippen molar-refractivity contribution in [1.29, 1.82) is 0 Å². The molecule has 0 aliphatic carbocycles. The third kappa shape index (κ3) is 4.99. The molecule has 1 aliphatic rings. The van der Waals surface area contributed by atoms with Crippen molar-refractivity contribution in [1.82, 2.24) is 9.62 Å². The molecular formula is C19H22N2O5S. The van der Waals surface area contributed by atoms with E-state index >= 15 is 0 Å². The maximum atomic E-state index is 12.4. The average Bonchev–Trinajstić information content (AvgIpc) is 3.09. The lowest BCUT2D eigenvalue weighted by Crippen LogP contribution is -2.40. The van der Waals surface area contributed by atoms with Crippen molar-refractivity contribution in [3.63, 3.8) is 0 Å². The highest BCUT2D eigenvalue weighted by Gasteiger charge is 2.23. The molecular weight excluding hydrogens is 368 g/mol. The van der Waals surface area contributed by atoms with Crippen LogP contribution in [-0.4, -0.2) is 38.2 Å². The number of hydrogen-bond acceptors (Lipinski definition) is 5. The van der Waals surface area contributed by atoms with E-state index in [0.29, 0.717) is 17.1 Å². The number of fused-ring (bicyclic) bond motifs is 1. The van der Waals surface area contributed by atoms with E-state index in [2.05, 4.69) is 5.32 Å². The van der Waals surface area contributed by atoms with Crippen molar-refractivity contribution < 1.29 is 22.7 Å². The van der Waals surface area contributed by atoms with Gasteiger partial charge in [0.1, 0.15) is 0 Å². The van der Waals surface area contributed by atoms with Crippen LogP contribution >= 0.6 is 0 Å². The Morgan fingerprint density at radius 3 is 2.56 bits per heavy atom. The van der Waals surface area contributed by atoms with Crippen LogP contribution in [-0.2, 0) is 21.4 Å². The van der Waals surface area contributed by atoms with Gasteiger partial charge in [0.05, 0.1) is 18.8 Å². The molecule has 2 aromatic rings. The molecule has 144 valence electrons. The number of ether oxygens (including phenoxy) is 2. The summed E-state index contributed by atoms with van der Waals surface area (Å²) in [6.07, 6.45) is 1.09. The van der Waals surface area contributed by atoms with E-state index in [4.69, 9.17) is 9.47 Å². The molecule has 7 nitrogen and oxygen atoms in total. The Balaban J connectivity index is 1.67. The van der Waals surface area contributed by atoms with E-state index in [1.807, 2.05) is 37.3 Å². The normalized spacial score (nSPS) is 14.2. The van der Waals surface area contributed by atoms with E-state index in [9.17, 15) is 13.2 Å². The summed E-state index contributed by atoms with van der Waals surface area (Å²) >= 11 is 0. The maximum absolute atomic E-state index is 12.4. The number of sulfonamides is 1. The fourth-order valence-corrected chi connectivity index (χ4v) is 3.54. The van der Waals surface area contributed by atoms with Crippen molar-refractivity contribution >= 4 is 15.9 Å². The minimum Gasteiger partial charge on any atom is -0.454 e. The quantitative estimate of drug-likeness (QED) is 0.782. The minimum absolute atomic E-state index is 0.0720. The zero-order chi connectivity index (χ0) is 19.4. The lowest BCUT2D eigenvalue weighted by molar-refractivity contribution is -0.122. The number of carbonyl (C=O) groups excluding carboxylic acids is 1. The van der Waals surface area contributed by atoms with Gasteiger partial charge in [0.2, 0.25) is 22.7 Å². The van der Waals surface area contributed by atoms with Crippen LogP contribution in [0.25, 0.3) is 0 Å². The highest BCUT2D eigenvalue weighted by atomic mass is 32.2. The zero-order valence-corrected chi connectivity index (χ0v) is 16.0. The van der Waals surface area contributed by atoms with Crippen LogP contribution in [0.1, 0.15) is 24.1 Å². The lowest BCUT2D eigenvalue weighted by atomic mass is 10.1. The topological polar surface area (TPSA) is 84.9 Å². The molecule has 0 saturated carbocycles. The van der Waals surface area contributed by atoms with E-state index in [0.717, 1.165) is 16.1 Å². The summed E-state index contributed by atoms with van der Waals surface area (Å²) < 4.78 is 36.0. The van der Waals surface area contributed by atoms with Crippen molar-refractivity contribution in [2.45, 2.75) is 19.5 Å². The summed E-state index contributed by atoms with van der Waals surface area (Å²) in [4.78, 5) is 12.4. The van der Waals surface area contributed by atoms with Gasteiger partial charge in [-0.3, -0.25) is 4.79 Å². The Morgan fingerprint density at radius 1 is 1.15 bits per heavy atom. The summed E-state index contributed by atoms with van der Waals surface area (Å²) in [5, 5.41) is 2.84. The summed E-state index contributed by atoms with van der Waals surface area (Å²) in [7, 11) is -3.57. The first-order valence-corrected chi connectivity index (χ1v) is 10.4. The monoisotopic (exact) mass is 390 g/mol. The van der Waals surface area contributed by atoms with Crippen LogP contribution < -0.4 is 14.8 Å². The van der Waals surface area contributed by atoms with Crippen molar-refractivity contribution in [2.24, 2.45) is 0 Å². The molecule has 0 radical (unpaired) electrons. The molecule has 1 atom stereocenters. The van der Waals surface area contributed by atoms with Crippen LogP contribution in [0.2, 0.25) is 0 Å². The number of rotatable bonds is 7. The highest BCUT2D eigenvalue weighted by Crippen LogP contribution is 2.32. The Hall–Kier alpha value is -2.58. The van der Waals surface area contributed by atoms with E-state index in [-0.39, 0.29) is 31.8 Å². The summed E-state index contributed by atoms with van der Waals surface area (Å²) in [5.74, 6) is 0.833. The predicted octanol–water partition coefficient (Wildman–Crippen LogP) is 2.05. The SMILES string of the molecule is CC(NC(=O)CN(Cc1ccc2c(c1)OCO2)S(C)(=O)=O)c1ccccc1. The Kier molecular flexibility index (Phi) is 5.67. The van der Waals surface area contributed by atoms with E-state index in [1.54, 1.807) is 18.2 Å². The molecule has 0 fully saturated rings. The molecule has 0 bridgehead atoms. The molecule has 0 spiro atoms. The molecule has 1 heterocycles. The average molecular weight is 390 g/mol. The van der Waals surface area contributed by atoms with Gasteiger partial charge in [-0.25, -0.2) is 8.42 Å². The van der Waals surface area contributed by atoms with Crippen LogP contribution in [0.4, 0.5) is 0 Å². The van der Waals surface area contributed by atoms with Gasteiger partial charge in [0.25, 0.3) is 0 Å². The molecule has 3 rings (SSSR count). The van der Waals surface area contributed by atoms with Gasteiger partial charge < -0.3 is 14.8 Å². The third-order valence-corrected chi connectivity index (χ3v) is 5.46. The molecule has 8 heteroatoms. The first kappa shape index (κ1) is 19.2. The van der Waals surface area contributed by atoms with Gasteiger partial charge in [-0.2, -0.15) is 4.31 Å². The molecule has 0 aromatic heterocycles. The second-order valence-electron chi connectivity index (χ2n) is 6.42. The standard InChI is InChI=1S/C19H22N2O5S/c1-14(16-6-4-3-5-7-16)20-19(22)12-21(27(2,23)24)11-15-8-9-17-18(10-15)26-13-25-17/h3-10,14H,11-13H2,1-2H3,(H,20,22). The number of carbonyl (C=O) groups is 1. The molecule has 1 N–H and O–H groups in total. The molecule has 1 aliphatic heterocycles. The summed E-state index contributed by atoms with van der Waals surface area (Å²) in [6.45, 7) is 1.82. The Labute approximate surface area is 158 Å². The zero-order valence-electron chi connectivity index (χ0n) is 15.2. The van der Waals surface area contributed by atoms with Crippen molar-refractivity contribution in [3.8, 4) is 11.5 Å². The van der Waals surface area contributed by atoms with Gasteiger partial charge in [-0.15, -0.1) is 0 Å². The third-order valence-electron chi connectivity index (χ3n) is 4.26.